The summed E-state index contributed by atoms with van der Waals surface area (Å²) in [7, 11) is 3.08. The normalized spacial score (nSPS) is 10.3. The number of benzene rings is 1. The maximum absolute atomic E-state index is 9.19. The SMILES string of the molecule is CC.CCCN(CCO)c1ccc(/C=C/c2cc(OC)nc(OC)n2)cc1. The van der Waals surface area contributed by atoms with Crippen molar-refractivity contribution in [2.24, 2.45) is 0 Å². The van der Waals surface area contributed by atoms with Gasteiger partial charge in [-0.3, -0.25) is 0 Å². The van der Waals surface area contributed by atoms with Gasteiger partial charge in [-0.2, -0.15) is 9.97 Å². The lowest BCUT2D eigenvalue weighted by Gasteiger charge is -2.23. The minimum absolute atomic E-state index is 0.152. The minimum atomic E-state index is 0.152. The second-order valence-electron chi connectivity index (χ2n) is 5.46. The summed E-state index contributed by atoms with van der Waals surface area (Å²) < 4.78 is 10.2. The van der Waals surface area contributed by atoms with Crippen LogP contribution in [0.5, 0.6) is 11.9 Å². The summed E-state index contributed by atoms with van der Waals surface area (Å²) >= 11 is 0. The average Bonchev–Trinajstić information content (AvgIpc) is 2.73. The minimum Gasteiger partial charge on any atom is -0.481 e. The van der Waals surface area contributed by atoms with Crippen LogP contribution in [0.3, 0.4) is 0 Å². The molecule has 0 unspecified atom stereocenters. The summed E-state index contributed by atoms with van der Waals surface area (Å²) in [5, 5.41) is 9.19. The molecule has 2 rings (SSSR count). The lowest BCUT2D eigenvalue weighted by atomic mass is 10.1. The van der Waals surface area contributed by atoms with Gasteiger partial charge in [-0.15, -0.1) is 0 Å². The summed E-state index contributed by atoms with van der Waals surface area (Å²) in [5.74, 6) is 0.459. The van der Waals surface area contributed by atoms with E-state index in [2.05, 4.69) is 33.9 Å². The highest BCUT2D eigenvalue weighted by Crippen LogP contribution is 2.18. The van der Waals surface area contributed by atoms with Gasteiger partial charge in [0.25, 0.3) is 0 Å². The zero-order valence-corrected chi connectivity index (χ0v) is 17.0. The van der Waals surface area contributed by atoms with Crippen LogP contribution in [-0.2, 0) is 0 Å². The van der Waals surface area contributed by atoms with E-state index in [9.17, 15) is 5.11 Å². The molecule has 0 aliphatic carbocycles. The van der Waals surface area contributed by atoms with Crippen LogP contribution in [0.25, 0.3) is 12.2 Å². The molecule has 27 heavy (non-hydrogen) atoms. The summed E-state index contributed by atoms with van der Waals surface area (Å²) in [6.07, 6.45) is 4.90. The van der Waals surface area contributed by atoms with Crippen molar-refractivity contribution in [3.63, 3.8) is 0 Å². The standard InChI is InChI=1S/C19H25N3O3.C2H6/c1-4-11-22(12-13-23)17-9-6-15(7-10-17)5-8-16-14-18(24-2)21-19(20-16)25-3;1-2/h5-10,14,23H,4,11-13H2,1-3H3;1-2H3/b8-5+;. The number of aliphatic hydroxyl groups excluding tert-OH is 1. The Morgan fingerprint density at radius 1 is 1.00 bits per heavy atom. The molecule has 0 saturated carbocycles. The van der Waals surface area contributed by atoms with Crippen LogP contribution >= 0.6 is 0 Å². The van der Waals surface area contributed by atoms with Crippen LogP contribution in [-0.4, -0.2) is 49.0 Å². The number of hydrogen-bond acceptors (Lipinski definition) is 6. The molecule has 0 saturated heterocycles. The maximum Gasteiger partial charge on any atom is 0.319 e. The second kappa shape index (κ2) is 12.7. The number of rotatable bonds is 9. The van der Waals surface area contributed by atoms with Gasteiger partial charge in [-0.1, -0.05) is 39.0 Å². The van der Waals surface area contributed by atoms with Crippen LogP contribution in [0.2, 0.25) is 0 Å². The van der Waals surface area contributed by atoms with Crippen molar-refractivity contribution in [2.45, 2.75) is 27.2 Å². The molecule has 1 aromatic carbocycles. The van der Waals surface area contributed by atoms with Crippen LogP contribution in [0.15, 0.2) is 30.3 Å². The largest absolute Gasteiger partial charge is 0.481 e. The van der Waals surface area contributed by atoms with E-state index in [4.69, 9.17) is 9.47 Å². The van der Waals surface area contributed by atoms with Gasteiger partial charge in [0.1, 0.15) is 0 Å². The Balaban J connectivity index is 0.00000176. The Morgan fingerprint density at radius 3 is 2.26 bits per heavy atom. The monoisotopic (exact) mass is 373 g/mol. The highest BCUT2D eigenvalue weighted by Gasteiger charge is 2.05. The van der Waals surface area contributed by atoms with Crippen LogP contribution in [0.1, 0.15) is 38.4 Å². The lowest BCUT2D eigenvalue weighted by Crippen LogP contribution is -2.27. The molecule has 0 radical (unpaired) electrons. The Kier molecular flexibility index (Phi) is 10.6. The summed E-state index contributed by atoms with van der Waals surface area (Å²) in [5.41, 5.74) is 2.87. The van der Waals surface area contributed by atoms with Crippen molar-refractivity contribution in [1.29, 1.82) is 0 Å². The molecule has 0 spiro atoms. The summed E-state index contributed by atoms with van der Waals surface area (Å²) in [4.78, 5) is 10.5. The molecular weight excluding hydrogens is 342 g/mol. The van der Waals surface area contributed by atoms with Crippen LogP contribution < -0.4 is 14.4 Å². The molecule has 0 aliphatic heterocycles. The molecular formula is C21H31N3O3. The molecule has 0 aliphatic rings. The first-order valence-corrected chi connectivity index (χ1v) is 9.31. The topological polar surface area (TPSA) is 67.7 Å². The van der Waals surface area contributed by atoms with Gasteiger partial charge in [-0.05, 0) is 30.2 Å². The van der Waals surface area contributed by atoms with E-state index in [0.717, 1.165) is 24.2 Å². The average molecular weight is 373 g/mol. The smallest absolute Gasteiger partial charge is 0.319 e. The Hall–Kier alpha value is -2.60. The molecule has 2 aromatic rings. The number of aromatic nitrogens is 2. The Morgan fingerprint density at radius 2 is 1.70 bits per heavy atom. The molecule has 0 bridgehead atoms. The first-order chi connectivity index (χ1) is 13.2. The van der Waals surface area contributed by atoms with Gasteiger partial charge >= 0.3 is 6.01 Å². The van der Waals surface area contributed by atoms with E-state index in [0.29, 0.717) is 18.1 Å². The predicted molar refractivity (Wildman–Crippen MR) is 111 cm³/mol. The van der Waals surface area contributed by atoms with Gasteiger partial charge in [0.05, 0.1) is 26.5 Å². The molecule has 1 heterocycles. The number of aliphatic hydroxyl groups is 1. The van der Waals surface area contributed by atoms with Crippen molar-refractivity contribution in [3.8, 4) is 11.9 Å². The molecule has 148 valence electrons. The lowest BCUT2D eigenvalue weighted by molar-refractivity contribution is 0.302. The quantitative estimate of drug-likeness (QED) is 0.719. The highest BCUT2D eigenvalue weighted by molar-refractivity contribution is 5.69. The second-order valence-corrected chi connectivity index (χ2v) is 5.46. The maximum atomic E-state index is 9.19. The third kappa shape index (κ3) is 7.27. The molecule has 6 heteroatoms. The van der Waals surface area contributed by atoms with Crippen molar-refractivity contribution in [2.75, 3.05) is 38.8 Å². The van der Waals surface area contributed by atoms with E-state index in [1.165, 1.54) is 7.11 Å². The summed E-state index contributed by atoms with van der Waals surface area (Å²) in [6.45, 7) is 7.85. The van der Waals surface area contributed by atoms with Gasteiger partial charge in [0.2, 0.25) is 5.88 Å². The van der Waals surface area contributed by atoms with Gasteiger partial charge < -0.3 is 19.5 Å². The predicted octanol–water partition coefficient (Wildman–Crippen LogP) is 3.90. The molecule has 0 amide bonds. The van der Waals surface area contributed by atoms with E-state index < -0.39 is 0 Å². The number of nitrogens with zero attached hydrogens (tertiary/aromatic N) is 3. The first kappa shape index (κ1) is 22.4. The van der Waals surface area contributed by atoms with Crippen molar-refractivity contribution in [3.05, 3.63) is 41.6 Å². The van der Waals surface area contributed by atoms with Crippen LogP contribution in [0.4, 0.5) is 5.69 Å². The third-order valence-electron chi connectivity index (χ3n) is 3.66. The van der Waals surface area contributed by atoms with Gasteiger partial charge in [0.15, 0.2) is 0 Å². The van der Waals surface area contributed by atoms with Gasteiger partial charge in [0, 0.05) is 24.8 Å². The third-order valence-corrected chi connectivity index (χ3v) is 3.66. The molecule has 0 fully saturated rings. The van der Waals surface area contributed by atoms with E-state index in [1.54, 1.807) is 13.2 Å². The Bertz CT molecular complexity index is 659. The molecule has 1 aromatic heterocycles. The number of methoxy groups -OCH3 is 2. The number of ether oxygens (including phenoxy) is 2. The van der Waals surface area contributed by atoms with E-state index >= 15 is 0 Å². The molecule has 6 nitrogen and oxygen atoms in total. The van der Waals surface area contributed by atoms with E-state index in [1.807, 2.05) is 38.1 Å². The van der Waals surface area contributed by atoms with Crippen molar-refractivity contribution < 1.29 is 14.6 Å². The fraction of sp³-hybridized carbons (Fsp3) is 0.429. The first-order valence-electron chi connectivity index (χ1n) is 9.31. The van der Waals surface area contributed by atoms with Crippen molar-refractivity contribution in [1.82, 2.24) is 9.97 Å². The van der Waals surface area contributed by atoms with Crippen molar-refractivity contribution >= 4 is 17.8 Å². The number of anilines is 1. The highest BCUT2D eigenvalue weighted by atomic mass is 16.5. The van der Waals surface area contributed by atoms with Crippen LogP contribution in [0, 0.1) is 0 Å². The zero-order valence-electron chi connectivity index (χ0n) is 17.0. The van der Waals surface area contributed by atoms with Gasteiger partial charge in [-0.25, -0.2) is 0 Å². The summed E-state index contributed by atoms with van der Waals surface area (Å²) in [6, 6.07) is 10.2. The zero-order chi connectivity index (χ0) is 20.1. The van der Waals surface area contributed by atoms with E-state index in [-0.39, 0.29) is 12.6 Å². The number of hydrogen-bond donors (Lipinski definition) is 1. The Labute approximate surface area is 162 Å². The molecule has 1 N–H and O–H groups in total. The fourth-order valence-corrected chi connectivity index (χ4v) is 2.44. The molecule has 0 atom stereocenters. The fourth-order valence-electron chi connectivity index (χ4n) is 2.44.